The first-order valence-electron chi connectivity index (χ1n) is 5.07. The van der Waals surface area contributed by atoms with Crippen molar-refractivity contribution in [1.29, 1.82) is 0 Å². The molecule has 90 valence electrons. The Morgan fingerprint density at radius 3 is 2.94 bits per heavy atom. The first kappa shape index (κ1) is 11.8. The third-order valence-electron chi connectivity index (χ3n) is 2.23. The van der Waals surface area contributed by atoms with E-state index < -0.39 is 0 Å². The Kier molecular flexibility index (Phi) is 3.89. The van der Waals surface area contributed by atoms with Gasteiger partial charge in [-0.25, -0.2) is 0 Å². The molecule has 0 saturated heterocycles. The van der Waals surface area contributed by atoms with Crippen molar-refractivity contribution in [3.8, 4) is 5.75 Å². The molecule has 0 bridgehead atoms. The largest absolute Gasteiger partial charge is 0.497 e. The molecule has 0 unspecified atom stereocenters. The summed E-state index contributed by atoms with van der Waals surface area (Å²) in [7, 11) is 1.64. The lowest BCUT2D eigenvalue weighted by molar-refractivity contribution is 0.105. The summed E-state index contributed by atoms with van der Waals surface area (Å²) in [5, 5.41) is 4.48. The van der Waals surface area contributed by atoms with Crippen LogP contribution in [-0.4, -0.2) is 16.7 Å². The normalized spacial score (nSPS) is 10.4. The van der Waals surface area contributed by atoms with Crippen LogP contribution >= 0.6 is 11.5 Å². The number of rotatable bonds is 5. The number of nitrogen functional groups attached to an aromatic ring is 1. The van der Waals surface area contributed by atoms with Gasteiger partial charge >= 0.3 is 0 Å². The Balaban J connectivity index is 1.87. The van der Waals surface area contributed by atoms with E-state index in [0.717, 1.165) is 11.3 Å². The molecule has 0 spiro atoms. The fourth-order valence-corrected chi connectivity index (χ4v) is 1.78. The van der Waals surface area contributed by atoms with Crippen LogP contribution in [0.15, 0.2) is 24.3 Å². The van der Waals surface area contributed by atoms with E-state index >= 15 is 0 Å². The molecule has 1 aromatic carbocycles. The molecule has 0 aliphatic heterocycles. The topological polar surface area (TPSA) is 70.3 Å². The van der Waals surface area contributed by atoms with Crippen LogP contribution in [-0.2, 0) is 18.0 Å². The van der Waals surface area contributed by atoms with Gasteiger partial charge < -0.3 is 15.2 Å². The van der Waals surface area contributed by atoms with Crippen molar-refractivity contribution in [2.24, 2.45) is 0 Å². The summed E-state index contributed by atoms with van der Waals surface area (Å²) in [5.41, 5.74) is 7.40. The second-order valence-electron chi connectivity index (χ2n) is 3.43. The summed E-state index contributed by atoms with van der Waals surface area (Å²) < 4.78 is 14.4. The maximum absolute atomic E-state index is 5.66. The van der Waals surface area contributed by atoms with Gasteiger partial charge in [-0.1, -0.05) is 16.6 Å². The van der Waals surface area contributed by atoms with Crippen LogP contribution in [0.5, 0.6) is 5.75 Å². The van der Waals surface area contributed by atoms with Gasteiger partial charge in [0.25, 0.3) is 0 Å². The highest BCUT2D eigenvalue weighted by molar-refractivity contribution is 7.09. The number of nitrogens with zero attached hydrogens (tertiary/aromatic N) is 2. The number of nitrogens with two attached hydrogens (primary N) is 1. The van der Waals surface area contributed by atoms with Crippen molar-refractivity contribution in [2.75, 3.05) is 12.8 Å². The molecule has 5 nitrogen and oxygen atoms in total. The molecular weight excluding hydrogens is 238 g/mol. The van der Waals surface area contributed by atoms with Crippen molar-refractivity contribution in [3.05, 3.63) is 35.5 Å². The van der Waals surface area contributed by atoms with Crippen LogP contribution in [0.2, 0.25) is 0 Å². The number of ether oxygens (including phenoxy) is 2. The van der Waals surface area contributed by atoms with Gasteiger partial charge in [0, 0.05) is 11.5 Å². The molecular formula is C11H13N3O2S. The molecule has 0 radical (unpaired) electrons. The molecule has 0 saturated carbocycles. The molecule has 0 aliphatic rings. The molecule has 0 aliphatic carbocycles. The Hall–Kier alpha value is -1.66. The van der Waals surface area contributed by atoms with Crippen LogP contribution < -0.4 is 10.5 Å². The van der Waals surface area contributed by atoms with E-state index in [-0.39, 0.29) is 0 Å². The van der Waals surface area contributed by atoms with E-state index in [2.05, 4.69) is 9.59 Å². The van der Waals surface area contributed by atoms with Crippen molar-refractivity contribution >= 4 is 16.5 Å². The van der Waals surface area contributed by atoms with E-state index in [1.54, 1.807) is 7.11 Å². The van der Waals surface area contributed by atoms with E-state index in [9.17, 15) is 0 Å². The van der Waals surface area contributed by atoms with E-state index in [1.807, 2.05) is 24.3 Å². The summed E-state index contributed by atoms with van der Waals surface area (Å²) >= 11 is 1.17. The van der Waals surface area contributed by atoms with Gasteiger partial charge in [-0.15, -0.1) is 5.10 Å². The number of anilines is 1. The number of benzene rings is 1. The minimum atomic E-state index is 0.375. The predicted molar refractivity (Wildman–Crippen MR) is 65.8 cm³/mol. The van der Waals surface area contributed by atoms with Crippen LogP contribution in [0.1, 0.15) is 11.3 Å². The number of hydrogen-bond donors (Lipinski definition) is 1. The molecule has 0 amide bonds. The highest BCUT2D eigenvalue weighted by Crippen LogP contribution is 2.16. The molecule has 17 heavy (non-hydrogen) atoms. The van der Waals surface area contributed by atoms with Crippen molar-refractivity contribution in [2.45, 2.75) is 13.2 Å². The minimum absolute atomic E-state index is 0.375. The van der Waals surface area contributed by atoms with Gasteiger partial charge in [0.15, 0.2) is 0 Å². The SMILES string of the molecule is COc1cccc(COCc2nnsc2N)c1. The summed E-state index contributed by atoms with van der Waals surface area (Å²) in [6.45, 7) is 0.869. The first-order valence-corrected chi connectivity index (χ1v) is 5.84. The van der Waals surface area contributed by atoms with Gasteiger partial charge in [0.05, 0.1) is 20.3 Å². The third kappa shape index (κ3) is 3.15. The summed E-state index contributed by atoms with van der Waals surface area (Å²) in [5.74, 6) is 0.820. The molecule has 2 N–H and O–H groups in total. The lowest BCUT2D eigenvalue weighted by Crippen LogP contribution is -1.97. The zero-order valence-corrected chi connectivity index (χ0v) is 10.2. The zero-order chi connectivity index (χ0) is 12.1. The van der Waals surface area contributed by atoms with Crippen molar-refractivity contribution in [3.63, 3.8) is 0 Å². The molecule has 2 rings (SSSR count). The first-order chi connectivity index (χ1) is 8.29. The number of hydrogen-bond acceptors (Lipinski definition) is 6. The van der Waals surface area contributed by atoms with Crippen molar-refractivity contribution in [1.82, 2.24) is 9.59 Å². The molecule has 0 atom stereocenters. The Morgan fingerprint density at radius 1 is 1.35 bits per heavy atom. The molecule has 6 heteroatoms. The lowest BCUT2D eigenvalue weighted by Gasteiger charge is -2.05. The van der Waals surface area contributed by atoms with E-state index in [0.29, 0.717) is 23.9 Å². The Bertz CT molecular complexity index is 487. The summed E-state index contributed by atoms with van der Waals surface area (Å²) in [6, 6.07) is 7.73. The summed E-state index contributed by atoms with van der Waals surface area (Å²) in [4.78, 5) is 0. The maximum atomic E-state index is 5.66. The quantitative estimate of drug-likeness (QED) is 0.878. The van der Waals surface area contributed by atoms with E-state index in [4.69, 9.17) is 15.2 Å². The molecule has 2 aromatic rings. The number of methoxy groups -OCH3 is 1. The average Bonchev–Trinajstić information content (AvgIpc) is 2.76. The van der Waals surface area contributed by atoms with Crippen LogP contribution in [0.4, 0.5) is 5.00 Å². The summed E-state index contributed by atoms with van der Waals surface area (Å²) in [6.07, 6.45) is 0. The monoisotopic (exact) mass is 251 g/mol. The average molecular weight is 251 g/mol. The van der Waals surface area contributed by atoms with Crippen LogP contribution in [0.25, 0.3) is 0 Å². The third-order valence-corrected chi connectivity index (χ3v) is 2.82. The highest BCUT2D eigenvalue weighted by atomic mass is 32.1. The maximum Gasteiger partial charge on any atom is 0.133 e. The van der Waals surface area contributed by atoms with Crippen molar-refractivity contribution < 1.29 is 9.47 Å². The standard InChI is InChI=1S/C11H13N3O2S/c1-15-9-4-2-3-8(5-9)6-16-7-10-11(12)17-14-13-10/h2-5H,6-7,12H2,1H3. The second kappa shape index (κ2) is 5.60. The van der Waals surface area contributed by atoms with Gasteiger partial charge in [-0.2, -0.15) is 0 Å². The van der Waals surface area contributed by atoms with Gasteiger partial charge in [-0.05, 0) is 17.7 Å². The van der Waals surface area contributed by atoms with Gasteiger partial charge in [-0.3, -0.25) is 0 Å². The zero-order valence-electron chi connectivity index (χ0n) is 9.42. The van der Waals surface area contributed by atoms with Crippen LogP contribution in [0.3, 0.4) is 0 Å². The second-order valence-corrected chi connectivity index (χ2v) is 4.21. The molecule has 0 fully saturated rings. The fraction of sp³-hybridized carbons (Fsp3) is 0.273. The number of aromatic nitrogens is 2. The highest BCUT2D eigenvalue weighted by Gasteiger charge is 2.04. The molecule has 1 aromatic heterocycles. The van der Waals surface area contributed by atoms with Crippen LogP contribution in [0, 0.1) is 0 Å². The van der Waals surface area contributed by atoms with E-state index in [1.165, 1.54) is 11.5 Å². The van der Waals surface area contributed by atoms with Gasteiger partial charge in [0.1, 0.15) is 16.4 Å². The minimum Gasteiger partial charge on any atom is -0.497 e. The predicted octanol–water partition coefficient (Wildman–Crippen LogP) is 1.85. The Morgan fingerprint density at radius 2 is 2.24 bits per heavy atom. The van der Waals surface area contributed by atoms with Gasteiger partial charge in [0.2, 0.25) is 0 Å². The smallest absolute Gasteiger partial charge is 0.133 e. The molecule has 1 heterocycles. The lowest BCUT2D eigenvalue weighted by atomic mass is 10.2. The fourth-order valence-electron chi connectivity index (χ4n) is 1.34. The Labute approximate surface area is 103 Å².